The number of rotatable bonds is 3. The average molecular weight is 287 g/mol. The van der Waals surface area contributed by atoms with Gasteiger partial charge >= 0.3 is 0 Å². The van der Waals surface area contributed by atoms with Crippen LogP contribution >= 0.6 is 0 Å². The van der Waals surface area contributed by atoms with Crippen molar-refractivity contribution >= 4 is 16.8 Å². The maximum atomic E-state index is 11.8. The topological polar surface area (TPSA) is 59.6 Å². The standard InChI is InChI=1S/C16H21N3O2/c1-12(20)16(21)19-9-7-18(8-10-19)11-13-3-2-4-15-14(13)5-6-17-15/h2-6,12,17,20H,7-11H2,1H3. The summed E-state index contributed by atoms with van der Waals surface area (Å²) < 4.78 is 0. The molecular weight excluding hydrogens is 266 g/mol. The molecule has 0 bridgehead atoms. The van der Waals surface area contributed by atoms with Crippen molar-refractivity contribution in [3.63, 3.8) is 0 Å². The lowest BCUT2D eigenvalue weighted by molar-refractivity contribution is -0.141. The summed E-state index contributed by atoms with van der Waals surface area (Å²) in [4.78, 5) is 19.1. The Balaban J connectivity index is 1.63. The molecule has 21 heavy (non-hydrogen) atoms. The lowest BCUT2D eigenvalue weighted by Crippen LogP contribution is -2.50. The monoisotopic (exact) mass is 287 g/mol. The summed E-state index contributed by atoms with van der Waals surface area (Å²) in [5, 5.41) is 10.6. The van der Waals surface area contributed by atoms with E-state index < -0.39 is 6.10 Å². The third-order valence-electron chi connectivity index (χ3n) is 4.12. The van der Waals surface area contributed by atoms with E-state index in [0.29, 0.717) is 13.1 Å². The first-order valence-electron chi connectivity index (χ1n) is 7.39. The van der Waals surface area contributed by atoms with Gasteiger partial charge in [-0.15, -0.1) is 0 Å². The van der Waals surface area contributed by atoms with Crippen LogP contribution in [0, 0.1) is 0 Å². The number of nitrogens with one attached hydrogen (secondary N) is 1. The van der Waals surface area contributed by atoms with Crippen molar-refractivity contribution in [2.75, 3.05) is 26.2 Å². The van der Waals surface area contributed by atoms with Gasteiger partial charge in [-0.05, 0) is 24.6 Å². The first-order valence-corrected chi connectivity index (χ1v) is 7.39. The maximum absolute atomic E-state index is 11.8. The largest absolute Gasteiger partial charge is 0.384 e. The van der Waals surface area contributed by atoms with Gasteiger partial charge in [0.25, 0.3) is 5.91 Å². The molecule has 0 saturated carbocycles. The fourth-order valence-electron chi connectivity index (χ4n) is 2.92. The molecule has 1 aromatic carbocycles. The predicted octanol–water partition coefficient (Wildman–Crippen LogP) is 1.19. The molecule has 112 valence electrons. The van der Waals surface area contributed by atoms with Gasteiger partial charge in [0.15, 0.2) is 0 Å². The lowest BCUT2D eigenvalue weighted by Gasteiger charge is -2.35. The molecule has 5 nitrogen and oxygen atoms in total. The number of amides is 1. The van der Waals surface area contributed by atoms with Crippen LogP contribution in [0.1, 0.15) is 12.5 Å². The molecule has 5 heteroatoms. The number of H-pyrrole nitrogens is 1. The Morgan fingerprint density at radius 3 is 2.76 bits per heavy atom. The smallest absolute Gasteiger partial charge is 0.251 e. The second kappa shape index (κ2) is 5.87. The van der Waals surface area contributed by atoms with Crippen LogP contribution in [0.5, 0.6) is 0 Å². The van der Waals surface area contributed by atoms with Gasteiger partial charge in [-0.25, -0.2) is 0 Å². The van der Waals surface area contributed by atoms with Gasteiger partial charge in [0.05, 0.1) is 0 Å². The van der Waals surface area contributed by atoms with Gasteiger partial charge in [-0.1, -0.05) is 12.1 Å². The summed E-state index contributed by atoms with van der Waals surface area (Å²) >= 11 is 0. The Morgan fingerprint density at radius 2 is 2.05 bits per heavy atom. The van der Waals surface area contributed by atoms with E-state index >= 15 is 0 Å². The lowest BCUT2D eigenvalue weighted by atomic mass is 10.1. The number of aromatic nitrogens is 1. The number of hydrogen-bond donors (Lipinski definition) is 2. The number of aromatic amines is 1. The number of carbonyl (C=O) groups excluding carboxylic acids is 1. The summed E-state index contributed by atoms with van der Waals surface area (Å²) in [5.74, 6) is -0.164. The minimum Gasteiger partial charge on any atom is -0.384 e. The van der Waals surface area contributed by atoms with Gasteiger partial charge in [0.2, 0.25) is 0 Å². The van der Waals surface area contributed by atoms with Crippen LogP contribution in [0.15, 0.2) is 30.5 Å². The Labute approximate surface area is 124 Å². The highest BCUT2D eigenvalue weighted by Crippen LogP contribution is 2.19. The number of hydrogen-bond acceptors (Lipinski definition) is 3. The molecule has 0 radical (unpaired) electrons. The first kappa shape index (κ1) is 14.1. The quantitative estimate of drug-likeness (QED) is 0.891. The van der Waals surface area contributed by atoms with Crippen molar-refractivity contribution in [2.24, 2.45) is 0 Å². The number of benzene rings is 1. The number of carbonyl (C=O) groups is 1. The van der Waals surface area contributed by atoms with E-state index in [2.05, 4.69) is 34.1 Å². The zero-order valence-corrected chi connectivity index (χ0v) is 12.2. The van der Waals surface area contributed by atoms with Crippen LogP contribution in [-0.4, -0.2) is 58.1 Å². The van der Waals surface area contributed by atoms with E-state index in [-0.39, 0.29) is 5.91 Å². The number of aliphatic hydroxyl groups is 1. The van der Waals surface area contributed by atoms with Crippen molar-refractivity contribution in [1.82, 2.24) is 14.8 Å². The summed E-state index contributed by atoms with van der Waals surface area (Å²) in [6.45, 7) is 5.49. The Kier molecular flexibility index (Phi) is 3.94. The Bertz CT molecular complexity index is 627. The normalized spacial score (nSPS) is 18.1. The van der Waals surface area contributed by atoms with Gasteiger partial charge < -0.3 is 15.0 Å². The average Bonchev–Trinajstić information content (AvgIpc) is 2.97. The van der Waals surface area contributed by atoms with E-state index in [1.165, 1.54) is 17.9 Å². The summed E-state index contributed by atoms with van der Waals surface area (Å²) in [7, 11) is 0. The van der Waals surface area contributed by atoms with Crippen molar-refractivity contribution < 1.29 is 9.90 Å². The van der Waals surface area contributed by atoms with E-state index in [1.807, 2.05) is 6.20 Å². The molecule has 1 fully saturated rings. The zero-order valence-electron chi connectivity index (χ0n) is 12.2. The molecular formula is C16H21N3O2. The third-order valence-corrected chi connectivity index (χ3v) is 4.12. The fourth-order valence-corrected chi connectivity index (χ4v) is 2.92. The fraction of sp³-hybridized carbons (Fsp3) is 0.438. The minimum absolute atomic E-state index is 0.164. The highest BCUT2D eigenvalue weighted by atomic mass is 16.3. The van der Waals surface area contributed by atoms with Crippen molar-refractivity contribution in [3.05, 3.63) is 36.0 Å². The minimum atomic E-state index is -0.898. The van der Waals surface area contributed by atoms with E-state index in [1.54, 1.807) is 4.90 Å². The van der Waals surface area contributed by atoms with Crippen LogP contribution < -0.4 is 0 Å². The van der Waals surface area contributed by atoms with E-state index in [0.717, 1.165) is 25.2 Å². The molecule has 3 rings (SSSR count). The predicted molar refractivity (Wildman–Crippen MR) is 81.8 cm³/mol. The number of fused-ring (bicyclic) bond motifs is 1. The number of aliphatic hydroxyl groups excluding tert-OH is 1. The zero-order chi connectivity index (χ0) is 14.8. The van der Waals surface area contributed by atoms with E-state index in [9.17, 15) is 9.90 Å². The van der Waals surface area contributed by atoms with Crippen LogP contribution in [0.3, 0.4) is 0 Å². The van der Waals surface area contributed by atoms with Gasteiger partial charge in [0, 0.05) is 49.8 Å². The van der Waals surface area contributed by atoms with Crippen molar-refractivity contribution in [3.8, 4) is 0 Å². The van der Waals surface area contributed by atoms with Crippen LogP contribution in [-0.2, 0) is 11.3 Å². The first-order chi connectivity index (χ1) is 10.1. The van der Waals surface area contributed by atoms with Gasteiger partial charge in [-0.2, -0.15) is 0 Å². The molecule has 0 aliphatic carbocycles. The summed E-state index contributed by atoms with van der Waals surface area (Å²) in [6, 6.07) is 8.42. The molecule has 0 spiro atoms. The molecule has 2 aromatic rings. The highest BCUT2D eigenvalue weighted by molar-refractivity contribution is 5.83. The highest BCUT2D eigenvalue weighted by Gasteiger charge is 2.23. The van der Waals surface area contributed by atoms with Crippen molar-refractivity contribution in [1.29, 1.82) is 0 Å². The second-order valence-electron chi connectivity index (χ2n) is 5.63. The molecule has 1 aliphatic rings. The van der Waals surface area contributed by atoms with Gasteiger partial charge in [0.1, 0.15) is 6.10 Å². The van der Waals surface area contributed by atoms with Gasteiger partial charge in [-0.3, -0.25) is 9.69 Å². The molecule has 1 saturated heterocycles. The van der Waals surface area contributed by atoms with Crippen LogP contribution in [0.25, 0.3) is 10.9 Å². The molecule has 2 N–H and O–H groups in total. The molecule has 1 aliphatic heterocycles. The summed E-state index contributed by atoms with van der Waals surface area (Å²) in [5.41, 5.74) is 2.47. The molecule has 2 heterocycles. The summed E-state index contributed by atoms with van der Waals surface area (Å²) in [6.07, 6.45) is 1.07. The van der Waals surface area contributed by atoms with Crippen molar-refractivity contribution in [2.45, 2.75) is 19.6 Å². The SMILES string of the molecule is CC(O)C(=O)N1CCN(Cc2cccc3[nH]ccc23)CC1. The molecule has 1 aromatic heterocycles. The maximum Gasteiger partial charge on any atom is 0.251 e. The molecule has 1 unspecified atom stereocenters. The molecule has 1 atom stereocenters. The number of nitrogens with zero attached hydrogens (tertiary/aromatic N) is 2. The second-order valence-corrected chi connectivity index (χ2v) is 5.63. The van der Waals surface area contributed by atoms with E-state index in [4.69, 9.17) is 0 Å². The van der Waals surface area contributed by atoms with Crippen LogP contribution in [0.4, 0.5) is 0 Å². The Morgan fingerprint density at radius 1 is 1.29 bits per heavy atom. The third kappa shape index (κ3) is 2.94. The van der Waals surface area contributed by atoms with Crippen LogP contribution in [0.2, 0.25) is 0 Å². The number of piperazine rings is 1. The molecule has 1 amide bonds. The Hall–Kier alpha value is -1.85.